The van der Waals surface area contributed by atoms with Gasteiger partial charge in [-0.3, -0.25) is 4.79 Å². The average molecular weight is 474 g/mol. The molecule has 0 saturated heterocycles. The van der Waals surface area contributed by atoms with E-state index in [2.05, 4.69) is 42.4 Å². The number of ether oxygens (including phenoxy) is 2. The zero-order valence-electron chi connectivity index (χ0n) is 13.0. The number of benzene rings is 2. The lowest BCUT2D eigenvalue weighted by molar-refractivity contribution is -0.123. The molecule has 2 rings (SSSR count). The molecule has 3 N–H and O–H groups in total. The van der Waals surface area contributed by atoms with Crippen molar-refractivity contribution in [3.05, 3.63) is 44.8 Å². The molecule has 0 aliphatic carbocycles. The maximum Gasteiger partial charge on any atom is 0.277 e. The van der Waals surface area contributed by atoms with Gasteiger partial charge in [-0.25, -0.2) is 5.43 Å². The molecule has 0 radical (unpaired) electrons. The highest BCUT2D eigenvalue weighted by molar-refractivity contribution is 9.13. The van der Waals surface area contributed by atoms with Crippen LogP contribution in [0.5, 0.6) is 23.0 Å². The van der Waals surface area contributed by atoms with Crippen molar-refractivity contribution in [3.8, 4) is 23.0 Å². The minimum absolute atomic E-state index is 0.247. The van der Waals surface area contributed by atoms with E-state index < -0.39 is 5.91 Å². The second-order valence-corrected chi connectivity index (χ2v) is 6.28. The summed E-state index contributed by atoms with van der Waals surface area (Å²) in [5.41, 5.74) is 2.76. The summed E-state index contributed by atoms with van der Waals surface area (Å²) in [5, 5.41) is 23.0. The summed E-state index contributed by atoms with van der Waals surface area (Å²) in [4.78, 5) is 11.8. The molecule has 25 heavy (non-hydrogen) atoms. The van der Waals surface area contributed by atoms with E-state index in [1.165, 1.54) is 19.4 Å². The van der Waals surface area contributed by atoms with E-state index in [1.54, 1.807) is 24.3 Å². The summed E-state index contributed by atoms with van der Waals surface area (Å²) >= 11 is 6.38. The van der Waals surface area contributed by atoms with Crippen LogP contribution >= 0.6 is 31.9 Å². The fourth-order valence-electron chi connectivity index (χ4n) is 1.80. The maximum atomic E-state index is 11.8. The number of hydrogen-bond donors (Lipinski definition) is 3. The van der Waals surface area contributed by atoms with Crippen LogP contribution in [0.25, 0.3) is 0 Å². The van der Waals surface area contributed by atoms with Gasteiger partial charge in [0.1, 0.15) is 0 Å². The molecule has 7 nitrogen and oxygen atoms in total. The van der Waals surface area contributed by atoms with Gasteiger partial charge in [-0.1, -0.05) is 12.1 Å². The number of para-hydroxylation sites is 2. The molecule has 0 aromatic heterocycles. The number of carbonyl (C=O) groups excluding carboxylic acids is 1. The monoisotopic (exact) mass is 472 g/mol. The molecule has 0 spiro atoms. The number of amides is 1. The van der Waals surface area contributed by atoms with Gasteiger partial charge < -0.3 is 19.7 Å². The van der Waals surface area contributed by atoms with Gasteiger partial charge >= 0.3 is 0 Å². The lowest BCUT2D eigenvalue weighted by atomic mass is 10.2. The lowest BCUT2D eigenvalue weighted by Gasteiger charge is -2.09. The van der Waals surface area contributed by atoms with E-state index >= 15 is 0 Å². The Balaban J connectivity index is 1.95. The molecule has 2 aromatic rings. The summed E-state index contributed by atoms with van der Waals surface area (Å²) in [7, 11) is 1.51. The Morgan fingerprint density at radius 1 is 1.24 bits per heavy atom. The topological polar surface area (TPSA) is 100 Å². The van der Waals surface area contributed by atoms with E-state index in [0.29, 0.717) is 21.5 Å². The smallest absolute Gasteiger partial charge is 0.277 e. The van der Waals surface area contributed by atoms with Crippen molar-refractivity contribution in [2.45, 2.75) is 0 Å². The van der Waals surface area contributed by atoms with Crippen molar-refractivity contribution in [3.63, 3.8) is 0 Å². The summed E-state index contributed by atoms with van der Waals surface area (Å²) < 4.78 is 11.2. The van der Waals surface area contributed by atoms with Crippen LogP contribution in [0, 0.1) is 0 Å². The summed E-state index contributed by atoms with van der Waals surface area (Å²) in [5.74, 6) is -0.118. The molecule has 2 aromatic carbocycles. The van der Waals surface area contributed by atoms with Gasteiger partial charge in [-0.05, 0) is 50.1 Å². The van der Waals surface area contributed by atoms with Crippen molar-refractivity contribution in [2.24, 2.45) is 5.10 Å². The number of nitrogens with one attached hydrogen (secondary N) is 1. The molecular weight excluding hydrogens is 460 g/mol. The summed E-state index contributed by atoms with van der Waals surface area (Å²) in [6.45, 7) is -0.247. The van der Waals surface area contributed by atoms with Crippen molar-refractivity contribution in [1.82, 2.24) is 5.43 Å². The number of aromatic hydroxyl groups is 2. The number of halogens is 2. The van der Waals surface area contributed by atoms with Gasteiger partial charge in [0.2, 0.25) is 0 Å². The van der Waals surface area contributed by atoms with Crippen molar-refractivity contribution >= 4 is 44.0 Å². The first-order valence-electron chi connectivity index (χ1n) is 6.91. The first-order valence-corrected chi connectivity index (χ1v) is 8.50. The Hall–Kier alpha value is -2.26. The van der Waals surface area contributed by atoms with E-state index in [-0.39, 0.29) is 22.6 Å². The maximum absolute atomic E-state index is 11.8. The second-order valence-electron chi connectivity index (χ2n) is 4.69. The largest absolute Gasteiger partial charge is 0.504 e. The Morgan fingerprint density at radius 3 is 2.60 bits per heavy atom. The van der Waals surface area contributed by atoms with Crippen LogP contribution in [0.2, 0.25) is 0 Å². The third-order valence-corrected chi connectivity index (χ3v) is 5.17. The van der Waals surface area contributed by atoms with Crippen molar-refractivity contribution in [2.75, 3.05) is 13.7 Å². The van der Waals surface area contributed by atoms with E-state index in [1.807, 2.05) is 0 Å². The Bertz CT molecular complexity index is 811. The predicted molar refractivity (Wildman–Crippen MR) is 99.4 cm³/mol. The van der Waals surface area contributed by atoms with Crippen LogP contribution in [0.3, 0.4) is 0 Å². The number of hydrazone groups is 1. The first-order chi connectivity index (χ1) is 11.9. The highest BCUT2D eigenvalue weighted by Gasteiger charge is 2.12. The number of methoxy groups -OCH3 is 1. The highest BCUT2D eigenvalue weighted by atomic mass is 79.9. The van der Waals surface area contributed by atoms with Gasteiger partial charge in [0.15, 0.2) is 29.6 Å². The summed E-state index contributed by atoms with van der Waals surface area (Å²) in [6, 6.07) is 8.26. The Kier molecular flexibility index (Phi) is 6.65. The fourth-order valence-corrected chi connectivity index (χ4v) is 2.64. The third-order valence-electron chi connectivity index (χ3n) is 3.01. The molecule has 9 heteroatoms. The molecule has 0 fully saturated rings. The fraction of sp³-hybridized carbons (Fsp3) is 0.125. The molecule has 0 bridgehead atoms. The molecule has 0 aliphatic rings. The number of nitrogens with zero attached hydrogens (tertiary/aromatic N) is 1. The van der Waals surface area contributed by atoms with Gasteiger partial charge in [-0.2, -0.15) is 5.10 Å². The van der Waals surface area contributed by atoms with Crippen LogP contribution in [-0.4, -0.2) is 36.1 Å². The second kappa shape index (κ2) is 8.72. The Labute approximate surface area is 160 Å². The molecule has 0 unspecified atom stereocenters. The third kappa shape index (κ3) is 4.86. The van der Waals surface area contributed by atoms with Crippen molar-refractivity contribution < 1.29 is 24.5 Å². The van der Waals surface area contributed by atoms with Crippen LogP contribution in [0.4, 0.5) is 0 Å². The molecule has 0 atom stereocenters. The lowest BCUT2D eigenvalue weighted by Crippen LogP contribution is -2.24. The number of phenolic OH excluding ortho intramolecular Hbond substituents is 2. The minimum atomic E-state index is -0.472. The van der Waals surface area contributed by atoms with Gasteiger partial charge in [0.25, 0.3) is 5.91 Å². The predicted octanol–water partition coefficient (Wildman–Crippen LogP) is 3.16. The van der Waals surface area contributed by atoms with Crippen LogP contribution < -0.4 is 14.9 Å². The standard InChI is InChI=1S/C16H14Br2N2O5/c1-24-11-4-2-3-5-12(11)25-8-13(22)20-19-7-9-6-10(21)16(23)15(18)14(9)17/h2-7,21,23H,8H2,1H3,(H,20,22)/b19-7+. The molecule has 1 amide bonds. The number of hydrogen-bond acceptors (Lipinski definition) is 6. The normalized spacial score (nSPS) is 10.7. The zero-order chi connectivity index (χ0) is 18.4. The van der Waals surface area contributed by atoms with Crippen LogP contribution in [-0.2, 0) is 4.79 Å². The quantitative estimate of drug-likeness (QED) is 0.340. The number of phenols is 2. The van der Waals surface area contributed by atoms with Crippen LogP contribution in [0.15, 0.2) is 44.4 Å². The molecule has 0 heterocycles. The van der Waals surface area contributed by atoms with Gasteiger partial charge in [-0.15, -0.1) is 0 Å². The molecule has 0 aliphatic heterocycles. The Morgan fingerprint density at radius 2 is 1.92 bits per heavy atom. The highest BCUT2D eigenvalue weighted by Crippen LogP contribution is 2.40. The molecular formula is C16H14Br2N2O5. The van der Waals surface area contributed by atoms with E-state index in [0.717, 1.165) is 0 Å². The average Bonchev–Trinajstić information content (AvgIpc) is 2.62. The van der Waals surface area contributed by atoms with Gasteiger partial charge in [0, 0.05) is 10.0 Å². The van der Waals surface area contributed by atoms with E-state index in [9.17, 15) is 15.0 Å². The van der Waals surface area contributed by atoms with E-state index in [4.69, 9.17) is 9.47 Å². The zero-order valence-corrected chi connectivity index (χ0v) is 16.2. The number of rotatable bonds is 6. The SMILES string of the molecule is COc1ccccc1OCC(=O)N/N=C/c1cc(O)c(O)c(Br)c1Br. The number of carbonyl (C=O) groups is 1. The molecule has 0 saturated carbocycles. The van der Waals surface area contributed by atoms with Crippen molar-refractivity contribution in [1.29, 1.82) is 0 Å². The van der Waals surface area contributed by atoms with Crippen LogP contribution in [0.1, 0.15) is 5.56 Å². The summed E-state index contributed by atoms with van der Waals surface area (Å²) in [6.07, 6.45) is 1.31. The van der Waals surface area contributed by atoms with Gasteiger partial charge in [0.05, 0.1) is 17.8 Å². The molecule has 132 valence electrons. The first kappa shape index (κ1) is 19.1. The minimum Gasteiger partial charge on any atom is -0.504 e.